The van der Waals surface area contributed by atoms with Gasteiger partial charge >= 0.3 is 6.18 Å². The average molecular weight is 255 g/mol. The lowest BCUT2D eigenvalue weighted by atomic mass is 10.2. The lowest BCUT2D eigenvalue weighted by Crippen LogP contribution is -2.06. The molecule has 0 radical (unpaired) electrons. The van der Waals surface area contributed by atoms with Gasteiger partial charge in [-0.3, -0.25) is 0 Å². The largest absolute Gasteiger partial charge is 0.417 e. The van der Waals surface area contributed by atoms with E-state index in [-0.39, 0.29) is 4.90 Å². The minimum Gasteiger partial charge on any atom is -0.166 e. The lowest BCUT2D eigenvalue weighted by Gasteiger charge is -2.11. The Balaban J connectivity index is 2.78. The summed E-state index contributed by atoms with van der Waals surface area (Å²) in [7, 11) is 0. The van der Waals surface area contributed by atoms with Crippen LogP contribution in [0.4, 0.5) is 13.2 Å². The Hall–Kier alpha value is -0.350. The summed E-state index contributed by atoms with van der Waals surface area (Å²) in [5.41, 5.74) is -0.565. The van der Waals surface area contributed by atoms with Crippen molar-refractivity contribution in [2.75, 3.05) is 11.6 Å². The monoisotopic (exact) mass is 254 g/mol. The SMILES string of the molecule is FC(F)(F)c1ccccc1SCCCCl. The second-order valence-corrected chi connectivity index (χ2v) is 4.40. The first-order valence-corrected chi connectivity index (χ1v) is 5.92. The number of halogens is 4. The molecule has 0 amide bonds. The normalized spacial score (nSPS) is 11.7. The molecule has 0 saturated heterocycles. The van der Waals surface area contributed by atoms with E-state index in [1.807, 2.05) is 0 Å². The van der Waals surface area contributed by atoms with Crippen molar-refractivity contribution in [3.8, 4) is 0 Å². The van der Waals surface area contributed by atoms with Crippen molar-refractivity contribution < 1.29 is 13.2 Å². The Labute approximate surface area is 95.8 Å². The molecule has 0 fully saturated rings. The summed E-state index contributed by atoms with van der Waals surface area (Å²) in [6.07, 6.45) is -3.57. The average Bonchev–Trinajstić information content (AvgIpc) is 2.17. The van der Waals surface area contributed by atoms with Gasteiger partial charge in [-0.25, -0.2) is 0 Å². The van der Waals surface area contributed by atoms with Gasteiger partial charge in [-0.1, -0.05) is 12.1 Å². The summed E-state index contributed by atoms with van der Waals surface area (Å²) < 4.78 is 37.6. The van der Waals surface area contributed by atoms with Gasteiger partial charge in [-0.05, 0) is 24.3 Å². The van der Waals surface area contributed by atoms with Crippen LogP contribution in [-0.2, 0) is 6.18 Å². The van der Waals surface area contributed by atoms with Crippen LogP contribution in [0.2, 0.25) is 0 Å². The topological polar surface area (TPSA) is 0 Å². The van der Waals surface area contributed by atoms with Crippen LogP contribution in [0.25, 0.3) is 0 Å². The predicted molar refractivity (Wildman–Crippen MR) is 57.5 cm³/mol. The molecule has 84 valence electrons. The minimum absolute atomic E-state index is 0.273. The first kappa shape index (κ1) is 12.7. The van der Waals surface area contributed by atoms with Crippen LogP contribution in [0.1, 0.15) is 12.0 Å². The van der Waals surface area contributed by atoms with Crippen LogP contribution < -0.4 is 0 Å². The Bertz CT molecular complexity index is 312. The van der Waals surface area contributed by atoms with Crippen LogP contribution in [0.15, 0.2) is 29.2 Å². The molecule has 0 nitrogen and oxygen atoms in total. The van der Waals surface area contributed by atoms with Gasteiger partial charge in [0, 0.05) is 10.8 Å². The van der Waals surface area contributed by atoms with Crippen molar-refractivity contribution >= 4 is 23.4 Å². The van der Waals surface area contributed by atoms with Crippen LogP contribution in [0, 0.1) is 0 Å². The molecule has 0 unspecified atom stereocenters. The molecule has 1 aromatic carbocycles. The molecule has 0 saturated carbocycles. The number of benzene rings is 1. The fourth-order valence-electron chi connectivity index (χ4n) is 1.06. The van der Waals surface area contributed by atoms with Crippen molar-refractivity contribution in [1.29, 1.82) is 0 Å². The van der Waals surface area contributed by atoms with E-state index >= 15 is 0 Å². The fourth-order valence-corrected chi connectivity index (χ4v) is 2.38. The summed E-state index contributed by atoms with van der Waals surface area (Å²) >= 11 is 6.66. The van der Waals surface area contributed by atoms with Crippen LogP contribution in [-0.4, -0.2) is 11.6 Å². The predicted octanol–water partition coefficient (Wildman–Crippen LogP) is 4.43. The van der Waals surface area contributed by atoms with Crippen LogP contribution in [0.3, 0.4) is 0 Å². The van der Waals surface area contributed by atoms with Gasteiger partial charge < -0.3 is 0 Å². The molecule has 0 heterocycles. The van der Waals surface area contributed by atoms with Gasteiger partial charge in [-0.15, -0.1) is 23.4 Å². The molecule has 0 bridgehead atoms. The zero-order valence-electron chi connectivity index (χ0n) is 7.85. The van der Waals surface area contributed by atoms with E-state index < -0.39 is 11.7 Å². The number of rotatable bonds is 4. The van der Waals surface area contributed by atoms with Gasteiger partial charge in [0.25, 0.3) is 0 Å². The molecule has 15 heavy (non-hydrogen) atoms. The van der Waals surface area contributed by atoms with E-state index in [1.54, 1.807) is 6.07 Å². The van der Waals surface area contributed by atoms with E-state index in [0.717, 1.165) is 6.07 Å². The molecular formula is C10H10ClF3S. The standard InChI is InChI=1S/C10H10ClF3S/c11-6-3-7-15-9-5-2-1-4-8(9)10(12,13)14/h1-2,4-5H,3,6-7H2. The van der Waals surface area contributed by atoms with E-state index in [2.05, 4.69) is 0 Å². The molecule has 5 heteroatoms. The molecule has 1 aromatic rings. The van der Waals surface area contributed by atoms with Gasteiger partial charge in [0.05, 0.1) is 5.56 Å². The maximum Gasteiger partial charge on any atom is 0.417 e. The lowest BCUT2D eigenvalue weighted by molar-refractivity contribution is -0.139. The Kier molecular flexibility index (Phi) is 4.80. The summed E-state index contributed by atoms with van der Waals surface area (Å²) in [6.45, 7) is 0. The van der Waals surface area contributed by atoms with E-state index in [9.17, 15) is 13.2 Å². The first-order valence-electron chi connectivity index (χ1n) is 4.40. The van der Waals surface area contributed by atoms with Crippen molar-refractivity contribution in [1.82, 2.24) is 0 Å². The van der Waals surface area contributed by atoms with Gasteiger partial charge in [0.1, 0.15) is 0 Å². The third kappa shape index (κ3) is 3.95. The van der Waals surface area contributed by atoms with Gasteiger partial charge in [-0.2, -0.15) is 13.2 Å². The Morgan fingerprint density at radius 3 is 2.47 bits per heavy atom. The second kappa shape index (κ2) is 5.66. The van der Waals surface area contributed by atoms with E-state index in [1.165, 1.54) is 23.9 Å². The third-order valence-corrected chi connectivity index (χ3v) is 3.16. The highest BCUT2D eigenvalue weighted by atomic mass is 35.5. The maximum absolute atomic E-state index is 12.5. The number of hydrogen-bond donors (Lipinski definition) is 0. The Morgan fingerprint density at radius 1 is 1.20 bits per heavy atom. The Morgan fingerprint density at radius 2 is 1.87 bits per heavy atom. The van der Waals surface area contributed by atoms with Crippen LogP contribution in [0.5, 0.6) is 0 Å². The molecular weight excluding hydrogens is 245 g/mol. The maximum atomic E-state index is 12.5. The van der Waals surface area contributed by atoms with Gasteiger partial charge in [0.2, 0.25) is 0 Å². The highest BCUT2D eigenvalue weighted by Gasteiger charge is 2.32. The zero-order valence-corrected chi connectivity index (χ0v) is 9.42. The number of hydrogen-bond acceptors (Lipinski definition) is 1. The van der Waals surface area contributed by atoms with Crippen molar-refractivity contribution in [3.63, 3.8) is 0 Å². The minimum atomic E-state index is -4.27. The van der Waals surface area contributed by atoms with Gasteiger partial charge in [0.15, 0.2) is 0 Å². The molecule has 0 aromatic heterocycles. The third-order valence-electron chi connectivity index (χ3n) is 1.73. The zero-order chi connectivity index (χ0) is 11.3. The van der Waals surface area contributed by atoms with Crippen LogP contribution >= 0.6 is 23.4 Å². The van der Waals surface area contributed by atoms with E-state index in [0.29, 0.717) is 18.1 Å². The summed E-state index contributed by atoms with van der Waals surface area (Å²) in [6, 6.07) is 5.59. The van der Waals surface area contributed by atoms with E-state index in [4.69, 9.17) is 11.6 Å². The molecule has 1 rings (SSSR count). The summed E-state index contributed by atoms with van der Waals surface area (Å²) in [5, 5.41) is 0. The highest BCUT2D eigenvalue weighted by molar-refractivity contribution is 7.99. The fraction of sp³-hybridized carbons (Fsp3) is 0.400. The summed E-state index contributed by atoms with van der Waals surface area (Å²) in [5.74, 6) is 1.08. The van der Waals surface area contributed by atoms with Crippen molar-refractivity contribution in [3.05, 3.63) is 29.8 Å². The number of thioether (sulfide) groups is 1. The van der Waals surface area contributed by atoms with Crippen molar-refractivity contribution in [2.24, 2.45) is 0 Å². The smallest absolute Gasteiger partial charge is 0.166 e. The van der Waals surface area contributed by atoms with Crippen molar-refractivity contribution in [2.45, 2.75) is 17.5 Å². The molecule has 0 atom stereocenters. The molecule has 0 aliphatic heterocycles. The molecule has 0 aliphatic rings. The molecule has 0 spiro atoms. The summed E-state index contributed by atoms with van der Waals surface area (Å²) in [4.78, 5) is 0.273. The number of alkyl halides is 4. The second-order valence-electron chi connectivity index (χ2n) is 2.88. The first-order chi connectivity index (χ1) is 7.05. The molecule has 0 aliphatic carbocycles. The molecule has 0 N–H and O–H groups in total. The highest BCUT2D eigenvalue weighted by Crippen LogP contribution is 2.36. The quantitative estimate of drug-likeness (QED) is 0.435.